The SMILES string of the molecule is O=C(N[C@@H](CO)c1ccccc1)c1[nH]c(-c2cc[nH+]cc2)c2cccc[n+]12. The summed E-state index contributed by atoms with van der Waals surface area (Å²) in [6.45, 7) is -0.180. The number of pyridine rings is 2. The fourth-order valence-electron chi connectivity index (χ4n) is 3.17. The van der Waals surface area contributed by atoms with E-state index in [9.17, 15) is 9.90 Å². The number of amides is 1. The Labute approximate surface area is 156 Å². The Hall–Kier alpha value is -3.51. The largest absolute Gasteiger partial charge is 0.394 e. The van der Waals surface area contributed by atoms with Gasteiger partial charge in [-0.3, -0.25) is 4.79 Å². The molecule has 0 aliphatic carbocycles. The second-order valence-corrected chi connectivity index (χ2v) is 6.21. The number of fused-ring (bicyclic) bond motifs is 1. The second-order valence-electron chi connectivity index (χ2n) is 6.21. The molecule has 3 heterocycles. The average molecular weight is 360 g/mol. The first-order chi connectivity index (χ1) is 13.3. The van der Waals surface area contributed by atoms with Gasteiger partial charge in [0.25, 0.3) is 0 Å². The van der Waals surface area contributed by atoms with Gasteiger partial charge in [0.15, 0.2) is 23.6 Å². The van der Waals surface area contributed by atoms with Gasteiger partial charge in [0, 0.05) is 17.7 Å². The molecule has 0 fully saturated rings. The van der Waals surface area contributed by atoms with Crippen LogP contribution in [0.5, 0.6) is 0 Å². The van der Waals surface area contributed by atoms with Crippen LogP contribution in [0.1, 0.15) is 22.2 Å². The van der Waals surface area contributed by atoms with Gasteiger partial charge in [-0.15, -0.1) is 0 Å². The summed E-state index contributed by atoms with van der Waals surface area (Å²) in [5.41, 5.74) is 3.58. The van der Waals surface area contributed by atoms with Crippen molar-refractivity contribution in [1.29, 1.82) is 0 Å². The van der Waals surface area contributed by atoms with Crippen LogP contribution in [0.2, 0.25) is 0 Å². The summed E-state index contributed by atoms with van der Waals surface area (Å²) in [5.74, 6) is 0.121. The van der Waals surface area contributed by atoms with Gasteiger partial charge in [-0.05, 0) is 17.7 Å². The molecule has 3 aromatic heterocycles. The first-order valence-corrected chi connectivity index (χ1v) is 8.73. The van der Waals surface area contributed by atoms with Crippen LogP contribution in [-0.4, -0.2) is 22.6 Å². The van der Waals surface area contributed by atoms with E-state index in [0.717, 1.165) is 22.3 Å². The van der Waals surface area contributed by atoms with Crippen LogP contribution in [0, 0.1) is 0 Å². The Balaban J connectivity index is 1.72. The van der Waals surface area contributed by atoms with E-state index in [4.69, 9.17) is 0 Å². The summed E-state index contributed by atoms with van der Waals surface area (Å²) in [6.07, 6.45) is 5.52. The Morgan fingerprint density at radius 3 is 2.56 bits per heavy atom. The van der Waals surface area contributed by atoms with Gasteiger partial charge in [-0.2, -0.15) is 4.40 Å². The lowest BCUT2D eigenvalue weighted by Crippen LogP contribution is -2.38. The molecule has 134 valence electrons. The number of aromatic amines is 2. The molecule has 27 heavy (non-hydrogen) atoms. The smallest absolute Gasteiger partial charge is 0.351 e. The number of aromatic nitrogens is 3. The quantitative estimate of drug-likeness (QED) is 0.473. The molecule has 6 heteroatoms. The first kappa shape index (κ1) is 16.9. The Morgan fingerprint density at radius 1 is 1.07 bits per heavy atom. The number of aliphatic hydroxyl groups is 1. The summed E-state index contributed by atoms with van der Waals surface area (Å²) >= 11 is 0. The fourth-order valence-corrected chi connectivity index (χ4v) is 3.17. The molecule has 0 radical (unpaired) electrons. The normalized spacial score (nSPS) is 12.0. The zero-order valence-corrected chi connectivity index (χ0v) is 14.6. The number of nitrogens with zero attached hydrogens (tertiary/aromatic N) is 1. The Morgan fingerprint density at radius 2 is 1.81 bits per heavy atom. The van der Waals surface area contributed by atoms with Crippen molar-refractivity contribution < 1.29 is 19.3 Å². The summed E-state index contributed by atoms with van der Waals surface area (Å²) < 4.78 is 1.82. The molecular weight excluding hydrogens is 340 g/mol. The third-order valence-electron chi connectivity index (χ3n) is 4.51. The third kappa shape index (κ3) is 3.30. The van der Waals surface area contributed by atoms with Crippen molar-refractivity contribution in [1.82, 2.24) is 10.3 Å². The number of H-pyrrole nitrogens is 2. The molecule has 0 spiro atoms. The van der Waals surface area contributed by atoms with Crippen LogP contribution in [0.15, 0.2) is 79.3 Å². The molecule has 0 bridgehead atoms. The number of imidazole rings is 1. The van der Waals surface area contributed by atoms with Gasteiger partial charge in [0.05, 0.1) is 18.8 Å². The first-order valence-electron chi connectivity index (χ1n) is 8.73. The summed E-state index contributed by atoms with van der Waals surface area (Å²) in [5, 5.41) is 12.6. The van der Waals surface area contributed by atoms with Gasteiger partial charge in [-0.25, -0.2) is 9.97 Å². The van der Waals surface area contributed by atoms with Crippen molar-refractivity contribution in [2.45, 2.75) is 6.04 Å². The minimum absolute atomic E-state index is 0.180. The van der Waals surface area contributed by atoms with E-state index >= 15 is 0 Å². The number of carbonyl (C=O) groups is 1. The monoisotopic (exact) mass is 360 g/mol. The molecule has 4 aromatic rings. The van der Waals surface area contributed by atoms with Gasteiger partial charge < -0.3 is 10.4 Å². The minimum Gasteiger partial charge on any atom is -0.394 e. The highest BCUT2D eigenvalue weighted by Crippen LogP contribution is 2.21. The van der Waals surface area contributed by atoms with Crippen molar-refractivity contribution in [3.63, 3.8) is 0 Å². The molecule has 1 aromatic carbocycles. The third-order valence-corrected chi connectivity index (χ3v) is 4.51. The lowest BCUT2D eigenvalue weighted by molar-refractivity contribution is -0.514. The van der Waals surface area contributed by atoms with Crippen LogP contribution in [0.25, 0.3) is 16.8 Å². The topological polar surface area (TPSA) is 83.4 Å². The lowest BCUT2D eigenvalue weighted by Gasteiger charge is -2.14. The number of aliphatic hydroxyl groups excluding tert-OH is 1. The Bertz CT molecular complexity index is 1060. The second kappa shape index (κ2) is 7.39. The van der Waals surface area contributed by atoms with Crippen molar-refractivity contribution in [3.8, 4) is 11.3 Å². The van der Waals surface area contributed by atoms with E-state index in [1.54, 1.807) is 0 Å². The number of rotatable bonds is 5. The highest BCUT2D eigenvalue weighted by Gasteiger charge is 2.27. The van der Waals surface area contributed by atoms with E-state index in [2.05, 4.69) is 15.3 Å². The van der Waals surface area contributed by atoms with E-state index in [0.29, 0.717) is 5.82 Å². The van der Waals surface area contributed by atoms with Crippen LogP contribution in [0.4, 0.5) is 0 Å². The van der Waals surface area contributed by atoms with Gasteiger partial charge in [0.1, 0.15) is 0 Å². The van der Waals surface area contributed by atoms with Gasteiger partial charge >= 0.3 is 11.7 Å². The highest BCUT2D eigenvalue weighted by molar-refractivity contribution is 5.91. The van der Waals surface area contributed by atoms with Crippen molar-refractivity contribution >= 4 is 11.4 Å². The molecule has 0 aliphatic rings. The van der Waals surface area contributed by atoms with Crippen molar-refractivity contribution in [2.75, 3.05) is 6.61 Å². The predicted molar refractivity (Wildman–Crippen MR) is 99.7 cm³/mol. The number of nitrogens with one attached hydrogen (secondary N) is 3. The summed E-state index contributed by atoms with van der Waals surface area (Å²) in [4.78, 5) is 19.2. The van der Waals surface area contributed by atoms with Crippen LogP contribution >= 0.6 is 0 Å². The Kier molecular flexibility index (Phi) is 4.63. The maximum atomic E-state index is 13.0. The molecule has 0 saturated carbocycles. The van der Waals surface area contributed by atoms with E-state index < -0.39 is 6.04 Å². The molecule has 4 rings (SSSR count). The molecule has 0 saturated heterocycles. The lowest BCUT2D eigenvalue weighted by atomic mass is 10.1. The predicted octanol–water partition coefficient (Wildman–Crippen LogP) is 1.70. The maximum Gasteiger partial charge on any atom is 0.351 e. The molecule has 6 nitrogen and oxygen atoms in total. The van der Waals surface area contributed by atoms with Crippen LogP contribution < -0.4 is 14.7 Å². The number of benzene rings is 1. The van der Waals surface area contributed by atoms with E-state index in [1.807, 2.05) is 83.7 Å². The molecule has 0 unspecified atom stereocenters. The minimum atomic E-state index is -0.476. The molecule has 1 amide bonds. The van der Waals surface area contributed by atoms with Gasteiger partial charge in [-0.1, -0.05) is 36.4 Å². The number of hydrogen-bond acceptors (Lipinski definition) is 2. The molecule has 4 N–H and O–H groups in total. The van der Waals surface area contributed by atoms with Crippen molar-refractivity contribution in [3.05, 3.63) is 90.6 Å². The standard InChI is InChI=1S/C21H18N4O2/c26-14-17(15-6-2-1-3-7-15)23-21(27)20-24-19(16-9-11-22-12-10-16)18-8-4-5-13-25(18)20/h1-13,17,26H,14H2,(H,23,27)/p+2/t17-/m0/s1. The average Bonchev–Trinajstić information content (AvgIpc) is 3.13. The molecular formula is C21H20N4O2+2. The van der Waals surface area contributed by atoms with Crippen LogP contribution in [0.3, 0.4) is 0 Å². The summed E-state index contributed by atoms with van der Waals surface area (Å²) in [7, 11) is 0. The van der Waals surface area contributed by atoms with Crippen LogP contribution in [-0.2, 0) is 0 Å². The van der Waals surface area contributed by atoms with E-state index in [1.165, 1.54) is 0 Å². The van der Waals surface area contributed by atoms with Crippen molar-refractivity contribution in [2.24, 2.45) is 0 Å². The number of hydrogen-bond donors (Lipinski definition) is 3. The van der Waals surface area contributed by atoms with E-state index in [-0.39, 0.29) is 12.5 Å². The molecule has 0 aliphatic heterocycles. The maximum absolute atomic E-state index is 13.0. The fraction of sp³-hybridized carbons (Fsp3) is 0.0952. The zero-order valence-electron chi connectivity index (χ0n) is 14.6. The highest BCUT2D eigenvalue weighted by atomic mass is 16.3. The zero-order chi connectivity index (χ0) is 18.6. The number of carbonyl (C=O) groups excluding carboxylic acids is 1. The summed E-state index contributed by atoms with van der Waals surface area (Å²) in [6, 6.07) is 18.6. The molecule has 1 atom stereocenters. The van der Waals surface area contributed by atoms with Gasteiger partial charge in [0.2, 0.25) is 0 Å².